The van der Waals surface area contributed by atoms with Crippen molar-refractivity contribution in [2.24, 2.45) is 0 Å². The minimum atomic E-state index is -4.46. The van der Waals surface area contributed by atoms with Crippen molar-refractivity contribution in [3.8, 4) is 22.8 Å². The summed E-state index contributed by atoms with van der Waals surface area (Å²) in [6, 6.07) is 12.3. The van der Waals surface area contributed by atoms with Crippen molar-refractivity contribution in [1.82, 2.24) is 19.2 Å². The first-order chi connectivity index (χ1) is 14.9. The van der Waals surface area contributed by atoms with Gasteiger partial charge in [0.1, 0.15) is 5.75 Å². The number of benzene rings is 2. The molecule has 0 atom stereocenters. The number of morpholine rings is 1. The summed E-state index contributed by atoms with van der Waals surface area (Å²) < 4.78 is 54.1. The second kappa shape index (κ2) is 8.81. The van der Waals surface area contributed by atoms with Gasteiger partial charge in [0.2, 0.25) is 4.77 Å². The third kappa shape index (κ3) is 4.65. The lowest BCUT2D eigenvalue weighted by molar-refractivity contribution is -0.137. The standard InChI is InChI=1S/C21H21F3N4O2S/c1-29-18-7-5-15(6-8-18)19-25-27(14-26-9-11-30-12-10-26)20(31)28(19)17-4-2-3-16(13-17)21(22,23)24/h2-8,13H,9-12,14H2,1H3. The van der Waals surface area contributed by atoms with Gasteiger partial charge in [-0.1, -0.05) is 6.07 Å². The SMILES string of the molecule is COc1ccc(-c2nn(CN3CCOCC3)c(=S)n2-c2cccc(C(F)(F)F)c2)cc1. The molecular formula is C21H21F3N4O2S. The van der Waals surface area contributed by atoms with Crippen LogP contribution in [0.3, 0.4) is 0 Å². The van der Waals surface area contributed by atoms with Crippen LogP contribution in [0.15, 0.2) is 48.5 Å². The van der Waals surface area contributed by atoms with Gasteiger partial charge in [0.05, 0.1) is 38.2 Å². The first kappa shape index (κ1) is 21.5. The number of hydrogen-bond acceptors (Lipinski definition) is 5. The van der Waals surface area contributed by atoms with Crippen molar-refractivity contribution in [3.63, 3.8) is 0 Å². The van der Waals surface area contributed by atoms with Gasteiger partial charge >= 0.3 is 6.18 Å². The van der Waals surface area contributed by atoms with Gasteiger partial charge in [-0.05, 0) is 54.7 Å². The summed E-state index contributed by atoms with van der Waals surface area (Å²) in [5, 5.41) is 4.67. The summed E-state index contributed by atoms with van der Waals surface area (Å²) in [4.78, 5) is 2.14. The number of ether oxygens (including phenoxy) is 2. The maximum Gasteiger partial charge on any atom is 0.416 e. The Labute approximate surface area is 182 Å². The molecule has 0 radical (unpaired) electrons. The molecule has 0 unspecified atom stereocenters. The van der Waals surface area contributed by atoms with Gasteiger partial charge in [-0.3, -0.25) is 9.47 Å². The van der Waals surface area contributed by atoms with Gasteiger partial charge in [0.15, 0.2) is 5.82 Å². The Morgan fingerprint density at radius 1 is 1.10 bits per heavy atom. The van der Waals surface area contributed by atoms with Crippen LogP contribution in [0.5, 0.6) is 5.75 Å². The molecule has 1 aromatic heterocycles. The normalized spacial score (nSPS) is 15.2. The maximum atomic E-state index is 13.3. The van der Waals surface area contributed by atoms with E-state index in [9.17, 15) is 13.2 Å². The minimum Gasteiger partial charge on any atom is -0.497 e. The molecule has 1 aliphatic rings. The molecule has 0 spiro atoms. The summed E-state index contributed by atoms with van der Waals surface area (Å²) in [5.41, 5.74) is 0.275. The van der Waals surface area contributed by atoms with Crippen LogP contribution in [0, 0.1) is 4.77 Å². The van der Waals surface area contributed by atoms with Crippen molar-refractivity contribution in [1.29, 1.82) is 0 Å². The fraction of sp³-hybridized carbons (Fsp3) is 0.333. The number of methoxy groups -OCH3 is 1. The van der Waals surface area contributed by atoms with E-state index in [1.165, 1.54) is 6.07 Å². The van der Waals surface area contributed by atoms with E-state index in [-0.39, 0.29) is 0 Å². The predicted molar refractivity (Wildman–Crippen MR) is 112 cm³/mol. The highest BCUT2D eigenvalue weighted by Crippen LogP contribution is 2.32. The molecule has 0 bridgehead atoms. The topological polar surface area (TPSA) is 44.4 Å². The Morgan fingerprint density at radius 3 is 2.45 bits per heavy atom. The number of halogens is 3. The number of alkyl halides is 3. The monoisotopic (exact) mass is 450 g/mol. The van der Waals surface area contributed by atoms with E-state index < -0.39 is 11.7 Å². The number of hydrogen-bond donors (Lipinski definition) is 0. The highest BCUT2D eigenvalue weighted by molar-refractivity contribution is 7.71. The molecule has 164 valence electrons. The van der Waals surface area contributed by atoms with Crippen molar-refractivity contribution >= 4 is 12.2 Å². The van der Waals surface area contributed by atoms with E-state index in [0.717, 1.165) is 25.2 Å². The average Bonchev–Trinajstić information content (AvgIpc) is 3.10. The second-order valence-corrected chi connectivity index (χ2v) is 7.45. The van der Waals surface area contributed by atoms with Crippen LogP contribution in [0.25, 0.3) is 17.1 Å². The molecule has 1 saturated heterocycles. The first-order valence-electron chi connectivity index (χ1n) is 9.69. The third-order valence-corrected chi connectivity index (χ3v) is 5.45. The quantitative estimate of drug-likeness (QED) is 0.540. The van der Waals surface area contributed by atoms with Crippen LogP contribution in [-0.4, -0.2) is 52.7 Å². The zero-order valence-corrected chi connectivity index (χ0v) is 17.6. The fourth-order valence-electron chi connectivity index (χ4n) is 3.41. The number of nitrogens with zero attached hydrogens (tertiary/aromatic N) is 4. The Morgan fingerprint density at radius 2 is 1.81 bits per heavy atom. The van der Waals surface area contributed by atoms with Crippen LogP contribution in [0.2, 0.25) is 0 Å². The molecule has 2 aromatic carbocycles. The smallest absolute Gasteiger partial charge is 0.416 e. The van der Waals surface area contributed by atoms with Crippen LogP contribution >= 0.6 is 12.2 Å². The first-order valence-corrected chi connectivity index (χ1v) is 10.1. The highest BCUT2D eigenvalue weighted by atomic mass is 32.1. The molecule has 1 aliphatic heterocycles. The minimum absolute atomic E-state index is 0.305. The Balaban J connectivity index is 1.82. The van der Waals surface area contributed by atoms with E-state index in [0.29, 0.717) is 47.5 Å². The van der Waals surface area contributed by atoms with Crippen LogP contribution in [0.1, 0.15) is 5.56 Å². The van der Waals surface area contributed by atoms with Crippen molar-refractivity contribution < 1.29 is 22.6 Å². The molecule has 2 heterocycles. The van der Waals surface area contributed by atoms with E-state index in [1.807, 2.05) is 0 Å². The van der Waals surface area contributed by atoms with Crippen LogP contribution in [0.4, 0.5) is 13.2 Å². The van der Waals surface area contributed by atoms with Crippen LogP contribution < -0.4 is 4.74 Å². The summed E-state index contributed by atoms with van der Waals surface area (Å²) >= 11 is 5.65. The predicted octanol–water partition coefficient (Wildman–Crippen LogP) is 4.39. The molecule has 3 aromatic rings. The summed E-state index contributed by atoms with van der Waals surface area (Å²) in [5.74, 6) is 1.13. The average molecular weight is 450 g/mol. The summed E-state index contributed by atoms with van der Waals surface area (Å²) in [6.07, 6.45) is -4.46. The van der Waals surface area contributed by atoms with Gasteiger partial charge in [0.25, 0.3) is 0 Å². The van der Waals surface area contributed by atoms with Gasteiger partial charge in [-0.15, -0.1) is 5.10 Å². The molecule has 31 heavy (non-hydrogen) atoms. The van der Waals surface area contributed by atoms with E-state index in [1.54, 1.807) is 46.7 Å². The van der Waals surface area contributed by atoms with E-state index in [4.69, 9.17) is 21.7 Å². The Bertz CT molecular complexity index is 1100. The largest absolute Gasteiger partial charge is 0.497 e. The molecule has 0 N–H and O–H groups in total. The Kier molecular flexibility index (Phi) is 6.12. The van der Waals surface area contributed by atoms with Crippen molar-refractivity contribution in [2.45, 2.75) is 12.8 Å². The zero-order valence-electron chi connectivity index (χ0n) is 16.8. The maximum absolute atomic E-state index is 13.3. The highest BCUT2D eigenvalue weighted by Gasteiger charge is 2.31. The van der Waals surface area contributed by atoms with Gasteiger partial charge in [0, 0.05) is 18.7 Å². The molecule has 0 saturated carbocycles. The molecule has 0 aliphatic carbocycles. The van der Waals surface area contributed by atoms with Crippen LogP contribution in [-0.2, 0) is 17.6 Å². The lowest BCUT2D eigenvalue weighted by atomic mass is 10.1. The summed E-state index contributed by atoms with van der Waals surface area (Å²) in [7, 11) is 1.57. The van der Waals surface area contributed by atoms with Gasteiger partial charge < -0.3 is 9.47 Å². The molecule has 4 rings (SSSR count). The van der Waals surface area contributed by atoms with Crippen molar-refractivity contribution in [3.05, 3.63) is 58.9 Å². The van der Waals surface area contributed by atoms with Gasteiger partial charge in [-0.25, -0.2) is 4.68 Å². The molecule has 6 nitrogen and oxygen atoms in total. The molecule has 1 fully saturated rings. The van der Waals surface area contributed by atoms with E-state index >= 15 is 0 Å². The number of aromatic nitrogens is 3. The summed E-state index contributed by atoms with van der Waals surface area (Å²) in [6.45, 7) is 3.13. The Hall–Kier alpha value is -2.69. The molecule has 10 heteroatoms. The fourth-order valence-corrected chi connectivity index (χ4v) is 3.70. The van der Waals surface area contributed by atoms with E-state index in [2.05, 4.69) is 10.00 Å². The third-order valence-electron chi connectivity index (χ3n) is 5.06. The molecular weight excluding hydrogens is 429 g/mol. The second-order valence-electron chi connectivity index (χ2n) is 7.09. The van der Waals surface area contributed by atoms with Crippen molar-refractivity contribution in [2.75, 3.05) is 33.4 Å². The number of rotatable bonds is 5. The lowest BCUT2D eigenvalue weighted by Crippen LogP contribution is -2.37. The molecule has 0 amide bonds. The van der Waals surface area contributed by atoms with Gasteiger partial charge in [-0.2, -0.15) is 13.2 Å². The lowest BCUT2D eigenvalue weighted by Gasteiger charge is -2.26. The zero-order chi connectivity index (χ0) is 22.0.